The lowest BCUT2D eigenvalue weighted by molar-refractivity contribution is 0.701. The highest BCUT2D eigenvalue weighted by Gasteiger charge is 2.03. The summed E-state index contributed by atoms with van der Waals surface area (Å²) in [5.74, 6) is 0.673. The third-order valence-corrected chi connectivity index (χ3v) is 3.29. The summed E-state index contributed by atoms with van der Waals surface area (Å²) < 4.78 is 1.78. The molecule has 5 heteroatoms. The molecule has 22 heavy (non-hydrogen) atoms. The minimum absolute atomic E-state index is 0.646. The van der Waals surface area contributed by atoms with Gasteiger partial charge in [0.05, 0.1) is 6.54 Å². The fraction of sp³-hybridized carbons (Fsp3) is 0.0588. The van der Waals surface area contributed by atoms with E-state index in [0.717, 1.165) is 11.3 Å². The van der Waals surface area contributed by atoms with Crippen LogP contribution < -0.4 is 5.32 Å². The molecule has 0 radical (unpaired) electrons. The zero-order chi connectivity index (χ0) is 15.2. The largest absolute Gasteiger partial charge is 0.362 e. The molecule has 0 atom stereocenters. The van der Waals surface area contributed by atoms with Crippen molar-refractivity contribution in [1.29, 1.82) is 0 Å². The fourth-order valence-electron chi connectivity index (χ4n) is 1.99. The van der Waals surface area contributed by atoms with E-state index < -0.39 is 0 Å². The summed E-state index contributed by atoms with van der Waals surface area (Å²) in [5, 5.41) is 8.32. The van der Waals surface area contributed by atoms with Crippen molar-refractivity contribution in [2.24, 2.45) is 0 Å². The molecule has 110 valence electrons. The van der Waals surface area contributed by atoms with Crippen molar-refractivity contribution in [1.82, 2.24) is 14.8 Å². The normalized spacial score (nSPS) is 11.0. The van der Waals surface area contributed by atoms with E-state index in [-0.39, 0.29) is 0 Å². The van der Waals surface area contributed by atoms with Gasteiger partial charge >= 0.3 is 0 Å². The fourth-order valence-corrected chi connectivity index (χ4v) is 2.18. The van der Waals surface area contributed by atoms with Crippen molar-refractivity contribution in [3.05, 3.63) is 78.2 Å². The van der Waals surface area contributed by atoms with Crippen LogP contribution in [-0.4, -0.2) is 14.8 Å². The predicted molar refractivity (Wildman–Crippen MR) is 89.7 cm³/mol. The molecule has 0 fully saturated rings. The summed E-state index contributed by atoms with van der Waals surface area (Å²) >= 11 is 5.98. The van der Waals surface area contributed by atoms with E-state index in [9.17, 15) is 0 Å². The molecule has 0 saturated carbocycles. The highest BCUT2D eigenvalue weighted by atomic mass is 35.5. The van der Waals surface area contributed by atoms with E-state index in [1.165, 1.54) is 0 Å². The second-order valence-corrected chi connectivity index (χ2v) is 5.15. The standard InChI is InChI=1S/C17H15ClN4/c18-15-7-4-6-14(12-15)17-20-13-22(21-17)11-5-10-19-16-8-2-1-3-9-16/h1-10,12-13,19H,11H2/b10-5+. The Hall–Kier alpha value is -2.59. The Morgan fingerprint density at radius 1 is 1.09 bits per heavy atom. The first-order chi connectivity index (χ1) is 10.8. The van der Waals surface area contributed by atoms with Gasteiger partial charge in [-0.25, -0.2) is 9.67 Å². The van der Waals surface area contributed by atoms with Gasteiger partial charge in [-0.2, -0.15) is 5.10 Å². The maximum atomic E-state index is 5.98. The van der Waals surface area contributed by atoms with E-state index in [1.54, 1.807) is 11.0 Å². The van der Waals surface area contributed by atoms with E-state index in [1.807, 2.05) is 66.9 Å². The van der Waals surface area contributed by atoms with Crippen LogP contribution in [0, 0.1) is 0 Å². The number of hydrogen-bond acceptors (Lipinski definition) is 3. The smallest absolute Gasteiger partial charge is 0.181 e. The number of anilines is 1. The van der Waals surface area contributed by atoms with Crippen LogP contribution in [-0.2, 0) is 6.54 Å². The van der Waals surface area contributed by atoms with Gasteiger partial charge in [0.2, 0.25) is 0 Å². The highest BCUT2D eigenvalue weighted by molar-refractivity contribution is 6.30. The molecule has 0 amide bonds. The van der Waals surface area contributed by atoms with E-state index in [2.05, 4.69) is 15.4 Å². The number of para-hydroxylation sites is 1. The lowest BCUT2D eigenvalue weighted by Crippen LogP contribution is -1.97. The van der Waals surface area contributed by atoms with Crippen LogP contribution in [0.1, 0.15) is 0 Å². The number of rotatable bonds is 5. The van der Waals surface area contributed by atoms with Gasteiger partial charge in [0.15, 0.2) is 5.82 Å². The van der Waals surface area contributed by atoms with Crippen LogP contribution in [0.5, 0.6) is 0 Å². The van der Waals surface area contributed by atoms with Crippen molar-refractivity contribution in [3.8, 4) is 11.4 Å². The van der Waals surface area contributed by atoms with Gasteiger partial charge in [-0.05, 0) is 36.5 Å². The molecule has 1 aromatic heterocycles. The van der Waals surface area contributed by atoms with Crippen molar-refractivity contribution < 1.29 is 0 Å². The van der Waals surface area contributed by atoms with Gasteiger partial charge in [-0.3, -0.25) is 0 Å². The number of aromatic nitrogens is 3. The molecule has 0 aliphatic rings. The van der Waals surface area contributed by atoms with Crippen LogP contribution in [0.3, 0.4) is 0 Å². The second-order valence-electron chi connectivity index (χ2n) is 4.71. The minimum Gasteiger partial charge on any atom is -0.362 e. The topological polar surface area (TPSA) is 42.7 Å². The average molecular weight is 311 g/mol. The number of benzene rings is 2. The SMILES string of the molecule is Clc1cccc(-c2ncn(C/C=C/Nc3ccccc3)n2)c1. The highest BCUT2D eigenvalue weighted by Crippen LogP contribution is 2.18. The molecule has 0 aliphatic heterocycles. The molecule has 3 rings (SSSR count). The predicted octanol–water partition coefficient (Wildman–Crippen LogP) is 4.22. The Morgan fingerprint density at radius 2 is 1.95 bits per heavy atom. The van der Waals surface area contributed by atoms with Gasteiger partial charge in [-0.1, -0.05) is 41.9 Å². The van der Waals surface area contributed by atoms with Crippen LogP contribution >= 0.6 is 11.6 Å². The molecule has 1 heterocycles. The number of halogens is 1. The summed E-state index contributed by atoms with van der Waals surface area (Å²) in [6, 6.07) is 17.5. The molecular formula is C17H15ClN4. The summed E-state index contributed by atoms with van der Waals surface area (Å²) in [5.41, 5.74) is 1.97. The Labute approximate surface area is 134 Å². The summed E-state index contributed by atoms with van der Waals surface area (Å²) in [4.78, 5) is 4.30. The Morgan fingerprint density at radius 3 is 2.77 bits per heavy atom. The molecule has 4 nitrogen and oxygen atoms in total. The number of hydrogen-bond donors (Lipinski definition) is 1. The van der Waals surface area contributed by atoms with Crippen LogP contribution in [0.15, 0.2) is 73.2 Å². The van der Waals surface area contributed by atoms with Crippen LogP contribution in [0.2, 0.25) is 5.02 Å². The van der Waals surface area contributed by atoms with Gasteiger partial charge in [0.25, 0.3) is 0 Å². The molecule has 2 aromatic carbocycles. The van der Waals surface area contributed by atoms with E-state index in [4.69, 9.17) is 11.6 Å². The summed E-state index contributed by atoms with van der Waals surface area (Å²) in [6.45, 7) is 0.646. The number of allylic oxidation sites excluding steroid dienone is 1. The molecule has 0 unspecified atom stereocenters. The monoisotopic (exact) mass is 310 g/mol. The number of nitrogens with zero attached hydrogens (tertiary/aromatic N) is 3. The van der Waals surface area contributed by atoms with Gasteiger partial charge in [0, 0.05) is 16.3 Å². The lowest BCUT2D eigenvalue weighted by Gasteiger charge is -1.99. The minimum atomic E-state index is 0.646. The van der Waals surface area contributed by atoms with E-state index in [0.29, 0.717) is 17.4 Å². The maximum Gasteiger partial charge on any atom is 0.181 e. The van der Waals surface area contributed by atoms with Gasteiger partial charge < -0.3 is 5.32 Å². The quantitative estimate of drug-likeness (QED) is 0.767. The first kappa shape index (κ1) is 14.4. The molecule has 1 N–H and O–H groups in total. The van der Waals surface area contributed by atoms with Gasteiger partial charge in [-0.15, -0.1) is 0 Å². The third kappa shape index (κ3) is 3.74. The summed E-state index contributed by atoms with van der Waals surface area (Å²) in [6.07, 6.45) is 5.60. The third-order valence-electron chi connectivity index (χ3n) is 3.05. The summed E-state index contributed by atoms with van der Waals surface area (Å²) in [7, 11) is 0. The van der Waals surface area contributed by atoms with Crippen molar-refractivity contribution in [2.45, 2.75) is 6.54 Å². The first-order valence-electron chi connectivity index (χ1n) is 6.93. The molecule has 0 aliphatic carbocycles. The van der Waals surface area contributed by atoms with Gasteiger partial charge in [0.1, 0.15) is 6.33 Å². The Balaban J connectivity index is 1.60. The molecule has 3 aromatic rings. The molecule has 0 saturated heterocycles. The zero-order valence-electron chi connectivity index (χ0n) is 11.9. The Kier molecular flexibility index (Phi) is 4.51. The maximum absolute atomic E-state index is 5.98. The Bertz CT molecular complexity index is 765. The van der Waals surface area contributed by atoms with Crippen molar-refractivity contribution in [3.63, 3.8) is 0 Å². The average Bonchev–Trinajstić information content (AvgIpc) is 3.02. The van der Waals surface area contributed by atoms with Crippen molar-refractivity contribution >= 4 is 17.3 Å². The van der Waals surface area contributed by atoms with E-state index >= 15 is 0 Å². The lowest BCUT2D eigenvalue weighted by atomic mass is 10.2. The number of nitrogens with one attached hydrogen (secondary N) is 1. The first-order valence-corrected chi connectivity index (χ1v) is 7.31. The van der Waals surface area contributed by atoms with Crippen molar-refractivity contribution in [2.75, 3.05) is 5.32 Å². The van der Waals surface area contributed by atoms with Crippen LogP contribution in [0.25, 0.3) is 11.4 Å². The second kappa shape index (κ2) is 6.91. The van der Waals surface area contributed by atoms with Crippen LogP contribution in [0.4, 0.5) is 5.69 Å². The molecular weight excluding hydrogens is 296 g/mol. The zero-order valence-corrected chi connectivity index (χ0v) is 12.6. The molecule has 0 spiro atoms. The molecule has 0 bridgehead atoms.